The van der Waals surface area contributed by atoms with E-state index < -0.39 is 5.60 Å². The van der Waals surface area contributed by atoms with E-state index >= 15 is 0 Å². The Labute approximate surface area is 117 Å². The van der Waals surface area contributed by atoms with Gasteiger partial charge in [-0.1, -0.05) is 11.6 Å². The molecule has 3 nitrogen and oxygen atoms in total. The minimum Gasteiger partial charge on any atom is -0.459 e. The number of ether oxygens (including phenoxy) is 1. The second-order valence-electron chi connectivity index (χ2n) is 4.98. The van der Waals surface area contributed by atoms with E-state index in [-0.39, 0.29) is 11.2 Å². The summed E-state index contributed by atoms with van der Waals surface area (Å²) in [6, 6.07) is 5.32. The first-order valence-electron chi connectivity index (χ1n) is 5.63. The number of nitrogen functional groups attached to an aromatic ring is 1. The minimum absolute atomic E-state index is 0.236. The molecule has 0 saturated carbocycles. The molecule has 0 aliphatic carbocycles. The first-order valence-corrected chi connectivity index (χ1v) is 6.89. The summed E-state index contributed by atoms with van der Waals surface area (Å²) in [5.74, 6) is -0.236. The number of anilines is 1. The summed E-state index contributed by atoms with van der Waals surface area (Å²) in [7, 11) is 0. The molecule has 1 aromatic carbocycles. The molecule has 0 aliphatic heterocycles. The van der Waals surface area contributed by atoms with Crippen LogP contribution in [0.2, 0.25) is 5.02 Å². The fourth-order valence-electron chi connectivity index (χ4n) is 1.22. The summed E-state index contributed by atoms with van der Waals surface area (Å²) < 4.78 is 5.31. The van der Waals surface area contributed by atoms with Crippen molar-refractivity contribution in [2.45, 2.75) is 43.4 Å². The fourth-order valence-corrected chi connectivity index (χ4v) is 2.35. The lowest BCUT2D eigenvalue weighted by molar-refractivity contribution is -0.153. The standard InChI is InChI=1S/C13H18ClNO2S/c1-8(12(16)17-13(2,3)4)18-9-5-6-11(15)10(14)7-9/h5-8H,15H2,1-4H3. The molecule has 0 aromatic heterocycles. The number of esters is 1. The molecule has 0 radical (unpaired) electrons. The van der Waals surface area contributed by atoms with E-state index in [1.807, 2.05) is 33.8 Å². The molecule has 0 heterocycles. The topological polar surface area (TPSA) is 52.3 Å². The summed E-state index contributed by atoms with van der Waals surface area (Å²) in [5, 5.41) is 0.209. The third-order valence-corrected chi connectivity index (χ3v) is 3.42. The number of rotatable bonds is 3. The molecule has 1 unspecified atom stereocenters. The van der Waals surface area contributed by atoms with Crippen LogP contribution in [0.25, 0.3) is 0 Å². The van der Waals surface area contributed by atoms with E-state index in [2.05, 4.69) is 0 Å². The van der Waals surface area contributed by atoms with Gasteiger partial charge in [-0.25, -0.2) is 0 Å². The van der Waals surface area contributed by atoms with Gasteiger partial charge in [0.1, 0.15) is 10.9 Å². The summed E-state index contributed by atoms with van der Waals surface area (Å²) in [4.78, 5) is 12.7. The number of nitrogens with two attached hydrogens (primary N) is 1. The average molecular weight is 288 g/mol. The highest BCUT2D eigenvalue weighted by molar-refractivity contribution is 8.00. The second kappa shape index (κ2) is 5.85. The van der Waals surface area contributed by atoms with E-state index in [0.717, 1.165) is 4.90 Å². The van der Waals surface area contributed by atoms with Crippen molar-refractivity contribution in [3.63, 3.8) is 0 Å². The lowest BCUT2D eigenvalue weighted by Crippen LogP contribution is -2.28. The third kappa shape index (κ3) is 4.78. The zero-order valence-corrected chi connectivity index (χ0v) is 12.6. The molecule has 1 atom stereocenters. The first kappa shape index (κ1) is 15.2. The van der Waals surface area contributed by atoms with Crippen molar-refractivity contribution in [3.8, 4) is 0 Å². The Bertz CT molecular complexity index is 443. The molecule has 0 amide bonds. The summed E-state index contributed by atoms with van der Waals surface area (Å²) in [6.45, 7) is 7.36. The molecule has 0 aliphatic rings. The van der Waals surface area contributed by atoms with E-state index in [4.69, 9.17) is 22.1 Å². The summed E-state index contributed by atoms with van der Waals surface area (Å²) >= 11 is 7.33. The predicted molar refractivity (Wildman–Crippen MR) is 77.0 cm³/mol. The molecular weight excluding hydrogens is 270 g/mol. The number of benzene rings is 1. The van der Waals surface area contributed by atoms with Crippen LogP contribution < -0.4 is 5.73 Å². The zero-order valence-electron chi connectivity index (χ0n) is 11.0. The lowest BCUT2D eigenvalue weighted by Gasteiger charge is -2.22. The van der Waals surface area contributed by atoms with E-state index in [1.165, 1.54) is 11.8 Å². The van der Waals surface area contributed by atoms with Gasteiger partial charge in [-0.05, 0) is 45.9 Å². The monoisotopic (exact) mass is 287 g/mol. The smallest absolute Gasteiger partial charge is 0.319 e. The number of thioether (sulfide) groups is 1. The van der Waals surface area contributed by atoms with Gasteiger partial charge in [0.15, 0.2) is 0 Å². The Morgan fingerprint density at radius 1 is 1.44 bits per heavy atom. The zero-order chi connectivity index (χ0) is 13.9. The van der Waals surface area contributed by atoms with E-state index in [0.29, 0.717) is 10.7 Å². The molecule has 0 fully saturated rings. The van der Waals surface area contributed by atoms with Crippen molar-refractivity contribution in [3.05, 3.63) is 23.2 Å². The van der Waals surface area contributed by atoms with Crippen molar-refractivity contribution in [1.29, 1.82) is 0 Å². The van der Waals surface area contributed by atoms with E-state index in [1.54, 1.807) is 12.1 Å². The molecule has 1 aromatic rings. The first-order chi connectivity index (χ1) is 8.19. The molecule has 2 N–H and O–H groups in total. The number of halogens is 1. The molecule has 18 heavy (non-hydrogen) atoms. The van der Waals surface area contributed by atoms with E-state index in [9.17, 15) is 4.79 Å². The number of carbonyl (C=O) groups excluding carboxylic acids is 1. The van der Waals surface area contributed by atoms with Gasteiger partial charge < -0.3 is 10.5 Å². The maximum atomic E-state index is 11.8. The van der Waals surface area contributed by atoms with Crippen molar-refractivity contribution < 1.29 is 9.53 Å². The van der Waals surface area contributed by atoms with Crippen LogP contribution >= 0.6 is 23.4 Å². The van der Waals surface area contributed by atoms with Crippen LogP contribution in [0.3, 0.4) is 0 Å². The molecular formula is C13H18ClNO2S. The largest absolute Gasteiger partial charge is 0.459 e. The van der Waals surface area contributed by atoms with Crippen LogP contribution in [0, 0.1) is 0 Å². The van der Waals surface area contributed by atoms with Gasteiger partial charge >= 0.3 is 5.97 Å². The maximum Gasteiger partial charge on any atom is 0.319 e. The van der Waals surface area contributed by atoms with Gasteiger partial charge in [0.2, 0.25) is 0 Å². The summed E-state index contributed by atoms with van der Waals surface area (Å²) in [6.07, 6.45) is 0. The van der Waals surface area contributed by atoms with Crippen LogP contribution in [-0.2, 0) is 9.53 Å². The highest BCUT2D eigenvalue weighted by Gasteiger charge is 2.22. The molecule has 1 rings (SSSR count). The van der Waals surface area contributed by atoms with Crippen LogP contribution in [0.1, 0.15) is 27.7 Å². The Balaban J connectivity index is 2.66. The highest BCUT2D eigenvalue weighted by Crippen LogP contribution is 2.30. The van der Waals surface area contributed by atoms with Gasteiger partial charge in [-0.2, -0.15) is 0 Å². The van der Waals surface area contributed by atoms with Crippen molar-refractivity contribution in [2.24, 2.45) is 0 Å². The fraction of sp³-hybridized carbons (Fsp3) is 0.462. The Morgan fingerprint density at radius 2 is 2.06 bits per heavy atom. The molecule has 0 spiro atoms. The van der Waals surface area contributed by atoms with Crippen LogP contribution in [0.5, 0.6) is 0 Å². The van der Waals surface area contributed by atoms with Gasteiger partial charge in [0.25, 0.3) is 0 Å². The Morgan fingerprint density at radius 3 is 2.56 bits per heavy atom. The SMILES string of the molecule is CC(Sc1ccc(N)c(Cl)c1)C(=O)OC(C)(C)C. The van der Waals surface area contributed by atoms with Crippen molar-refractivity contribution in [2.75, 3.05) is 5.73 Å². The van der Waals surface area contributed by atoms with Gasteiger partial charge in [0, 0.05) is 4.90 Å². The number of carbonyl (C=O) groups is 1. The quantitative estimate of drug-likeness (QED) is 0.523. The van der Waals surface area contributed by atoms with Gasteiger partial charge in [-0.15, -0.1) is 11.8 Å². The molecule has 5 heteroatoms. The van der Waals surface area contributed by atoms with Crippen LogP contribution in [0.15, 0.2) is 23.1 Å². The van der Waals surface area contributed by atoms with Crippen LogP contribution in [0.4, 0.5) is 5.69 Å². The maximum absolute atomic E-state index is 11.8. The second-order valence-corrected chi connectivity index (χ2v) is 6.80. The van der Waals surface area contributed by atoms with Crippen LogP contribution in [-0.4, -0.2) is 16.8 Å². The van der Waals surface area contributed by atoms with Crippen molar-refractivity contribution in [1.82, 2.24) is 0 Å². The highest BCUT2D eigenvalue weighted by atomic mass is 35.5. The number of hydrogen-bond acceptors (Lipinski definition) is 4. The van der Waals surface area contributed by atoms with Gasteiger partial charge in [0.05, 0.1) is 10.7 Å². The minimum atomic E-state index is -0.468. The van der Waals surface area contributed by atoms with Crippen molar-refractivity contribution >= 4 is 35.0 Å². The lowest BCUT2D eigenvalue weighted by atomic mass is 10.2. The molecule has 0 bridgehead atoms. The third-order valence-electron chi connectivity index (χ3n) is 2.02. The van der Waals surface area contributed by atoms with Gasteiger partial charge in [-0.3, -0.25) is 4.79 Å². The number of hydrogen-bond donors (Lipinski definition) is 1. The Hall–Kier alpha value is -0.870. The molecule has 0 saturated heterocycles. The predicted octanol–water partition coefficient (Wildman–Crippen LogP) is 3.74. The summed E-state index contributed by atoms with van der Waals surface area (Å²) in [5.41, 5.74) is 5.70. The average Bonchev–Trinajstić information content (AvgIpc) is 2.21. The molecule has 100 valence electrons. The normalized spacial score (nSPS) is 13.2. The Kier molecular flexibility index (Phi) is 4.93.